The second-order valence-corrected chi connectivity index (χ2v) is 10.3. The van der Waals surface area contributed by atoms with Crippen molar-refractivity contribution in [3.8, 4) is 0 Å². The number of Topliss-reactive ketones (excluding diaryl/α,β-unsaturated/α-hetero) is 1. The van der Waals surface area contributed by atoms with Gasteiger partial charge in [0.15, 0.2) is 0 Å². The normalized spacial score (nSPS) is 17.3. The summed E-state index contributed by atoms with van der Waals surface area (Å²) >= 11 is 0. The zero-order chi connectivity index (χ0) is 26.9. The van der Waals surface area contributed by atoms with Gasteiger partial charge in [0.2, 0.25) is 0 Å². The predicted molar refractivity (Wildman–Crippen MR) is 144 cm³/mol. The first-order valence-corrected chi connectivity index (χ1v) is 12.3. The zero-order valence-electron chi connectivity index (χ0n) is 21.5. The summed E-state index contributed by atoms with van der Waals surface area (Å²) in [5.41, 5.74) is 4.30. The monoisotopic (exact) mass is 497 g/mol. The number of hydrogen-bond donors (Lipinski definition) is 2. The van der Waals surface area contributed by atoms with Crippen LogP contribution in [0.25, 0.3) is 5.76 Å². The van der Waals surface area contributed by atoms with Crippen LogP contribution in [0.5, 0.6) is 0 Å². The van der Waals surface area contributed by atoms with E-state index in [4.69, 9.17) is 5.11 Å². The van der Waals surface area contributed by atoms with Crippen LogP contribution < -0.4 is 4.90 Å². The second kappa shape index (κ2) is 10.1. The summed E-state index contributed by atoms with van der Waals surface area (Å²) in [4.78, 5) is 39.2. The molecule has 1 unspecified atom stereocenters. The largest absolute Gasteiger partial charge is 0.507 e. The van der Waals surface area contributed by atoms with E-state index in [1.807, 2.05) is 43.3 Å². The fourth-order valence-corrected chi connectivity index (χ4v) is 4.58. The fraction of sp³-hybridized carbons (Fsp3) is 0.258. The first-order valence-electron chi connectivity index (χ1n) is 12.3. The van der Waals surface area contributed by atoms with Gasteiger partial charge < -0.3 is 10.2 Å². The van der Waals surface area contributed by atoms with Crippen LogP contribution in [0.2, 0.25) is 0 Å². The van der Waals surface area contributed by atoms with Gasteiger partial charge in [0.05, 0.1) is 18.0 Å². The molecule has 6 nitrogen and oxygen atoms in total. The minimum absolute atomic E-state index is 0.0207. The lowest BCUT2D eigenvalue weighted by atomic mass is 9.85. The van der Waals surface area contributed by atoms with Crippen LogP contribution in [0.1, 0.15) is 61.6 Å². The molecule has 4 rings (SSSR count). The number of rotatable bonds is 6. The summed E-state index contributed by atoms with van der Waals surface area (Å²) in [6.07, 6.45) is 0.688. The molecule has 37 heavy (non-hydrogen) atoms. The van der Waals surface area contributed by atoms with Gasteiger partial charge in [0.1, 0.15) is 5.76 Å². The van der Waals surface area contributed by atoms with Crippen molar-refractivity contribution in [2.45, 2.75) is 52.0 Å². The smallest absolute Gasteiger partial charge is 0.307 e. The number of aliphatic hydroxyl groups is 1. The summed E-state index contributed by atoms with van der Waals surface area (Å²) in [5.74, 6) is -2.70. The summed E-state index contributed by atoms with van der Waals surface area (Å²) in [5, 5.41) is 20.4. The Bertz CT molecular complexity index is 1360. The van der Waals surface area contributed by atoms with Crippen molar-refractivity contribution in [1.29, 1.82) is 0 Å². The summed E-state index contributed by atoms with van der Waals surface area (Å²) in [6.45, 7) is 8.34. The number of carbonyl (C=O) groups excluding carboxylic acids is 2. The number of carbonyl (C=O) groups is 3. The highest BCUT2D eigenvalue weighted by molar-refractivity contribution is 6.51. The molecule has 0 radical (unpaired) electrons. The highest BCUT2D eigenvalue weighted by Gasteiger charge is 2.47. The van der Waals surface area contributed by atoms with Crippen LogP contribution in [0.3, 0.4) is 0 Å². The van der Waals surface area contributed by atoms with Gasteiger partial charge in [-0.1, -0.05) is 88.4 Å². The van der Waals surface area contributed by atoms with Crippen LogP contribution in [0.15, 0.2) is 78.4 Å². The molecule has 6 heteroatoms. The van der Waals surface area contributed by atoms with Crippen LogP contribution in [0.4, 0.5) is 5.69 Å². The van der Waals surface area contributed by atoms with E-state index in [0.717, 1.165) is 17.5 Å². The molecule has 190 valence electrons. The highest BCUT2D eigenvalue weighted by Crippen LogP contribution is 2.42. The number of aliphatic hydroxyl groups excluding tert-OH is 1. The van der Waals surface area contributed by atoms with Gasteiger partial charge in [-0.25, -0.2) is 0 Å². The molecule has 0 aliphatic carbocycles. The molecule has 2 N–H and O–H groups in total. The SMILES string of the molecule is CCc1ccc(/C(O)=C2/C(=O)C(=O)N(c3ccc(CC(=O)O)cc3)C2c2ccc(C(C)(C)C)cc2)cc1. The standard InChI is InChI=1S/C31H31NO5/c1-5-19-6-10-22(11-7-19)28(35)26-27(21-12-14-23(15-13-21)31(2,3)4)32(30(37)29(26)36)24-16-8-20(9-17-24)18-25(33)34/h6-17,27,35H,5,18H2,1-4H3,(H,33,34)/b28-26-. The second-order valence-electron chi connectivity index (χ2n) is 10.3. The van der Waals surface area contributed by atoms with Crippen molar-refractivity contribution in [3.05, 3.63) is 106 Å². The molecule has 0 spiro atoms. The molecule has 3 aromatic rings. The van der Waals surface area contributed by atoms with E-state index in [-0.39, 0.29) is 23.2 Å². The maximum absolute atomic E-state index is 13.4. The highest BCUT2D eigenvalue weighted by atomic mass is 16.4. The van der Waals surface area contributed by atoms with Crippen molar-refractivity contribution in [3.63, 3.8) is 0 Å². The Morgan fingerprint density at radius 3 is 1.92 bits per heavy atom. The Balaban J connectivity index is 1.86. The third-order valence-corrected chi connectivity index (χ3v) is 6.74. The van der Waals surface area contributed by atoms with Crippen LogP contribution in [-0.2, 0) is 32.6 Å². The number of aryl methyl sites for hydroxylation is 1. The number of hydrogen-bond acceptors (Lipinski definition) is 4. The topological polar surface area (TPSA) is 94.9 Å². The molecule has 0 bridgehead atoms. The van der Waals surface area contributed by atoms with E-state index in [1.165, 1.54) is 4.90 Å². The molecule has 1 atom stereocenters. The third kappa shape index (κ3) is 5.19. The number of benzene rings is 3. The first kappa shape index (κ1) is 25.9. The molecule has 0 aromatic heterocycles. The van der Waals surface area contributed by atoms with E-state index in [9.17, 15) is 19.5 Å². The summed E-state index contributed by atoms with van der Waals surface area (Å²) in [7, 11) is 0. The van der Waals surface area contributed by atoms with E-state index >= 15 is 0 Å². The minimum atomic E-state index is -0.957. The molecule has 1 fully saturated rings. The summed E-state index contributed by atoms with van der Waals surface area (Å²) in [6, 6.07) is 20.7. The van der Waals surface area contributed by atoms with Gasteiger partial charge in [0, 0.05) is 11.3 Å². The Morgan fingerprint density at radius 2 is 1.41 bits per heavy atom. The number of ketones is 1. The molecule has 1 aliphatic heterocycles. The van der Waals surface area contributed by atoms with Gasteiger partial charge in [-0.2, -0.15) is 0 Å². The van der Waals surface area contributed by atoms with Crippen LogP contribution in [-0.4, -0.2) is 27.9 Å². The Kier molecular flexibility index (Phi) is 7.03. The lowest BCUT2D eigenvalue weighted by Gasteiger charge is -2.27. The number of anilines is 1. The lowest BCUT2D eigenvalue weighted by Crippen LogP contribution is -2.29. The van der Waals surface area contributed by atoms with E-state index in [2.05, 4.69) is 20.8 Å². The predicted octanol–water partition coefficient (Wildman–Crippen LogP) is 5.80. The van der Waals surface area contributed by atoms with Crippen molar-refractivity contribution in [2.24, 2.45) is 0 Å². The molecule has 3 aromatic carbocycles. The first-order chi connectivity index (χ1) is 17.5. The quantitative estimate of drug-likeness (QED) is 0.255. The molecule has 1 heterocycles. The average Bonchev–Trinajstić information content (AvgIpc) is 3.13. The molecular weight excluding hydrogens is 466 g/mol. The van der Waals surface area contributed by atoms with Gasteiger partial charge >= 0.3 is 5.97 Å². The van der Waals surface area contributed by atoms with Gasteiger partial charge in [-0.15, -0.1) is 0 Å². The summed E-state index contributed by atoms with van der Waals surface area (Å²) < 4.78 is 0. The number of carboxylic acid groups (broad SMARTS) is 1. The van der Waals surface area contributed by atoms with Crippen LogP contribution in [0, 0.1) is 0 Å². The van der Waals surface area contributed by atoms with Crippen LogP contribution >= 0.6 is 0 Å². The maximum atomic E-state index is 13.4. The average molecular weight is 498 g/mol. The Hall–Kier alpha value is -4.19. The van der Waals surface area contributed by atoms with Crippen molar-refractivity contribution in [2.75, 3.05) is 4.90 Å². The van der Waals surface area contributed by atoms with Gasteiger partial charge in [-0.05, 0) is 46.2 Å². The molecule has 1 aliphatic rings. The van der Waals surface area contributed by atoms with Crippen molar-refractivity contribution >= 4 is 29.1 Å². The maximum Gasteiger partial charge on any atom is 0.307 e. The third-order valence-electron chi connectivity index (χ3n) is 6.74. The zero-order valence-corrected chi connectivity index (χ0v) is 21.5. The van der Waals surface area contributed by atoms with E-state index < -0.39 is 23.7 Å². The number of carboxylic acids is 1. The van der Waals surface area contributed by atoms with Gasteiger partial charge in [0.25, 0.3) is 11.7 Å². The number of amides is 1. The Labute approximate surface area is 216 Å². The fourth-order valence-electron chi connectivity index (χ4n) is 4.58. The van der Waals surface area contributed by atoms with E-state index in [1.54, 1.807) is 36.4 Å². The molecule has 1 amide bonds. The molecule has 0 saturated carbocycles. The van der Waals surface area contributed by atoms with Gasteiger partial charge in [-0.3, -0.25) is 19.3 Å². The van der Waals surface area contributed by atoms with E-state index in [0.29, 0.717) is 22.4 Å². The molecular formula is C31H31NO5. The minimum Gasteiger partial charge on any atom is -0.507 e. The lowest BCUT2D eigenvalue weighted by molar-refractivity contribution is -0.136. The molecule has 1 saturated heterocycles. The van der Waals surface area contributed by atoms with Crippen molar-refractivity contribution < 1.29 is 24.6 Å². The number of nitrogens with zero attached hydrogens (tertiary/aromatic N) is 1. The van der Waals surface area contributed by atoms with Crippen molar-refractivity contribution in [1.82, 2.24) is 0 Å². The number of aliphatic carboxylic acids is 1. The Morgan fingerprint density at radius 1 is 0.838 bits per heavy atom.